The van der Waals surface area contributed by atoms with E-state index in [9.17, 15) is 4.79 Å². The van der Waals surface area contributed by atoms with Gasteiger partial charge < -0.3 is 0 Å². The molecule has 0 bridgehead atoms. The highest BCUT2D eigenvalue weighted by Gasteiger charge is 2.32. The minimum absolute atomic E-state index is 0.246. The number of carbonyl (C=O) groups excluding carboxylic acids is 1. The van der Waals surface area contributed by atoms with E-state index in [4.69, 9.17) is 0 Å². The molecule has 1 aliphatic heterocycles. The first-order valence-corrected chi connectivity index (χ1v) is 4.44. The Hall–Kier alpha value is -0.660. The molecule has 0 N–H and O–H groups in total. The first kappa shape index (κ1) is 7.01. The SMILES string of the molecule is O=C1CCCCN=C2CCC12. The van der Waals surface area contributed by atoms with Crippen LogP contribution in [-0.2, 0) is 4.79 Å². The summed E-state index contributed by atoms with van der Waals surface area (Å²) in [5, 5.41) is 0. The van der Waals surface area contributed by atoms with Crippen LogP contribution in [0.3, 0.4) is 0 Å². The molecule has 0 aromatic heterocycles. The summed E-state index contributed by atoms with van der Waals surface area (Å²) in [5.74, 6) is 0.685. The summed E-state index contributed by atoms with van der Waals surface area (Å²) in [6.07, 6.45) is 5.09. The molecule has 1 aliphatic carbocycles. The van der Waals surface area contributed by atoms with Crippen molar-refractivity contribution in [3.05, 3.63) is 0 Å². The fourth-order valence-electron chi connectivity index (χ4n) is 1.76. The van der Waals surface area contributed by atoms with Gasteiger partial charge in [-0.3, -0.25) is 9.79 Å². The second-order valence-corrected chi connectivity index (χ2v) is 3.39. The fourth-order valence-corrected chi connectivity index (χ4v) is 1.76. The molecule has 11 heavy (non-hydrogen) atoms. The molecule has 2 aliphatic rings. The fraction of sp³-hybridized carbons (Fsp3) is 0.778. The zero-order valence-corrected chi connectivity index (χ0v) is 6.68. The normalized spacial score (nSPS) is 31.1. The zero-order valence-electron chi connectivity index (χ0n) is 6.68. The highest BCUT2D eigenvalue weighted by molar-refractivity contribution is 6.09. The Morgan fingerprint density at radius 1 is 1.27 bits per heavy atom. The number of Topliss-reactive ketones (excluding diaryl/α,β-unsaturated/α-hetero) is 1. The number of nitrogens with zero attached hydrogens (tertiary/aromatic N) is 1. The van der Waals surface area contributed by atoms with E-state index in [1.807, 2.05) is 0 Å². The molecule has 60 valence electrons. The van der Waals surface area contributed by atoms with Crippen molar-refractivity contribution < 1.29 is 4.79 Å². The van der Waals surface area contributed by atoms with Gasteiger partial charge in [-0.25, -0.2) is 0 Å². The van der Waals surface area contributed by atoms with Crippen LogP contribution in [0.1, 0.15) is 32.1 Å². The van der Waals surface area contributed by atoms with Gasteiger partial charge >= 0.3 is 0 Å². The van der Waals surface area contributed by atoms with Crippen molar-refractivity contribution in [1.29, 1.82) is 0 Å². The lowest BCUT2D eigenvalue weighted by Gasteiger charge is -2.28. The molecule has 0 aromatic carbocycles. The molecule has 1 saturated carbocycles. The molecular formula is C9H13NO. The quantitative estimate of drug-likeness (QED) is 0.517. The number of hydrogen-bond acceptors (Lipinski definition) is 2. The number of aliphatic imine (C=N–C) groups is 1. The van der Waals surface area contributed by atoms with Gasteiger partial charge in [0, 0.05) is 18.7 Å². The van der Waals surface area contributed by atoms with E-state index in [2.05, 4.69) is 4.99 Å². The predicted octanol–water partition coefficient (Wildman–Crippen LogP) is 1.59. The third kappa shape index (κ3) is 1.22. The molecule has 1 atom stereocenters. The lowest BCUT2D eigenvalue weighted by molar-refractivity contribution is -0.121. The average Bonchev–Trinajstić information content (AvgIpc) is 1.92. The van der Waals surface area contributed by atoms with Gasteiger partial charge in [-0.2, -0.15) is 0 Å². The highest BCUT2D eigenvalue weighted by atomic mass is 16.1. The van der Waals surface area contributed by atoms with Crippen molar-refractivity contribution >= 4 is 11.5 Å². The molecular weight excluding hydrogens is 138 g/mol. The second-order valence-electron chi connectivity index (χ2n) is 3.39. The molecule has 0 saturated heterocycles. The summed E-state index contributed by atoms with van der Waals surface area (Å²) in [6, 6.07) is 0. The van der Waals surface area contributed by atoms with Gasteiger partial charge in [0.2, 0.25) is 0 Å². The van der Waals surface area contributed by atoms with Crippen molar-refractivity contribution in [1.82, 2.24) is 0 Å². The molecule has 1 unspecified atom stereocenters. The summed E-state index contributed by atoms with van der Waals surface area (Å²) in [5.41, 5.74) is 1.19. The maximum Gasteiger partial charge on any atom is 0.141 e. The van der Waals surface area contributed by atoms with Crippen LogP contribution < -0.4 is 0 Å². The van der Waals surface area contributed by atoms with Crippen LogP contribution in [0.4, 0.5) is 0 Å². The van der Waals surface area contributed by atoms with Crippen LogP contribution in [0.15, 0.2) is 4.99 Å². The Bertz CT molecular complexity index is 208. The number of carbonyl (C=O) groups is 1. The Morgan fingerprint density at radius 3 is 2.91 bits per heavy atom. The second kappa shape index (κ2) is 2.76. The van der Waals surface area contributed by atoms with Gasteiger partial charge in [-0.15, -0.1) is 0 Å². The third-order valence-corrected chi connectivity index (χ3v) is 2.63. The smallest absolute Gasteiger partial charge is 0.141 e. The van der Waals surface area contributed by atoms with Crippen LogP contribution in [0.5, 0.6) is 0 Å². The van der Waals surface area contributed by atoms with Gasteiger partial charge in [-0.1, -0.05) is 0 Å². The van der Waals surface area contributed by atoms with Crippen LogP contribution >= 0.6 is 0 Å². The third-order valence-electron chi connectivity index (χ3n) is 2.63. The molecule has 1 heterocycles. The minimum atomic E-state index is 0.246. The molecule has 0 aromatic rings. The van der Waals surface area contributed by atoms with Crippen molar-refractivity contribution in [2.45, 2.75) is 32.1 Å². The molecule has 2 heteroatoms. The Labute approximate surface area is 66.7 Å². The largest absolute Gasteiger partial charge is 0.299 e. The molecule has 0 amide bonds. The van der Waals surface area contributed by atoms with Gasteiger partial charge in [-0.05, 0) is 25.7 Å². The maximum atomic E-state index is 11.3. The van der Waals surface area contributed by atoms with Crippen molar-refractivity contribution in [2.24, 2.45) is 10.9 Å². The summed E-state index contributed by atoms with van der Waals surface area (Å²) >= 11 is 0. The van der Waals surface area contributed by atoms with Crippen molar-refractivity contribution in [3.8, 4) is 0 Å². The zero-order chi connectivity index (χ0) is 7.68. The maximum absolute atomic E-state index is 11.3. The molecule has 0 radical (unpaired) electrons. The first-order chi connectivity index (χ1) is 5.38. The van der Waals surface area contributed by atoms with Gasteiger partial charge in [0.05, 0.1) is 5.92 Å². The molecule has 1 fully saturated rings. The van der Waals surface area contributed by atoms with Gasteiger partial charge in [0.25, 0.3) is 0 Å². The molecule has 2 rings (SSSR count). The number of hydrogen-bond donors (Lipinski definition) is 0. The molecule has 2 nitrogen and oxygen atoms in total. The average molecular weight is 151 g/mol. The van der Waals surface area contributed by atoms with Crippen LogP contribution in [0, 0.1) is 5.92 Å². The summed E-state index contributed by atoms with van der Waals surface area (Å²) in [7, 11) is 0. The van der Waals surface area contributed by atoms with E-state index in [0.29, 0.717) is 5.78 Å². The lowest BCUT2D eigenvalue weighted by atomic mass is 9.77. The standard InChI is InChI=1S/C9H13NO/c11-9-3-1-2-6-10-8-5-4-7(8)9/h7H,1-6H2. The van der Waals surface area contributed by atoms with Crippen LogP contribution in [0.2, 0.25) is 0 Å². The Balaban J connectivity index is 2.12. The Morgan fingerprint density at radius 2 is 2.18 bits per heavy atom. The van der Waals surface area contributed by atoms with Crippen molar-refractivity contribution in [3.63, 3.8) is 0 Å². The van der Waals surface area contributed by atoms with E-state index in [1.54, 1.807) is 0 Å². The minimum Gasteiger partial charge on any atom is -0.299 e. The number of ketones is 1. The predicted molar refractivity (Wildman–Crippen MR) is 43.9 cm³/mol. The topological polar surface area (TPSA) is 29.4 Å². The van der Waals surface area contributed by atoms with E-state index in [-0.39, 0.29) is 5.92 Å². The number of rotatable bonds is 0. The van der Waals surface area contributed by atoms with E-state index < -0.39 is 0 Å². The van der Waals surface area contributed by atoms with E-state index in [0.717, 1.165) is 38.6 Å². The Kier molecular flexibility index (Phi) is 1.76. The van der Waals surface area contributed by atoms with Crippen LogP contribution in [-0.4, -0.2) is 18.0 Å². The monoisotopic (exact) mass is 151 g/mol. The van der Waals surface area contributed by atoms with Gasteiger partial charge in [0.15, 0.2) is 0 Å². The lowest BCUT2D eigenvalue weighted by Crippen LogP contribution is -2.34. The summed E-state index contributed by atoms with van der Waals surface area (Å²) in [4.78, 5) is 15.7. The first-order valence-electron chi connectivity index (χ1n) is 4.44. The van der Waals surface area contributed by atoms with Crippen molar-refractivity contribution in [2.75, 3.05) is 6.54 Å². The molecule has 0 spiro atoms. The summed E-state index contributed by atoms with van der Waals surface area (Å²) < 4.78 is 0. The van der Waals surface area contributed by atoms with E-state index >= 15 is 0 Å². The number of fused-ring (bicyclic) bond motifs is 1. The van der Waals surface area contributed by atoms with E-state index in [1.165, 1.54) is 5.71 Å². The van der Waals surface area contributed by atoms with Gasteiger partial charge in [0.1, 0.15) is 5.78 Å². The van der Waals surface area contributed by atoms with Crippen LogP contribution in [0.25, 0.3) is 0 Å². The highest BCUT2D eigenvalue weighted by Crippen LogP contribution is 2.28. The summed E-state index contributed by atoms with van der Waals surface area (Å²) in [6.45, 7) is 0.957.